The van der Waals surface area contributed by atoms with Gasteiger partial charge < -0.3 is 0 Å². The van der Waals surface area contributed by atoms with Crippen molar-refractivity contribution >= 4 is 0 Å². The van der Waals surface area contributed by atoms with Crippen LogP contribution in [-0.2, 0) is 0 Å². The van der Waals surface area contributed by atoms with E-state index in [1.54, 1.807) is 0 Å². The Hall–Kier alpha value is -0.260. The van der Waals surface area contributed by atoms with E-state index in [-0.39, 0.29) is 0 Å². The highest BCUT2D eigenvalue weighted by atomic mass is 14.1. The Morgan fingerprint density at radius 3 is 2.54 bits per heavy atom. The van der Waals surface area contributed by atoms with Gasteiger partial charge in [-0.3, -0.25) is 0 Å². The Morgan fingerprint density at radius 1 is 1.08 bits per heavy atom. The Kier molecular flexibility index (Phi) is 5.97. The van der Waals surface area contributed by atoms with Crippen LogP contribution in [0.5, 0.6) is 0 Å². The van der Waals surface area contributed by atoms with Gasteiger partial charge in [-0.05, 0) is 31.6 Å². The van der Waals surface area contributed by atoms with Gasteiger partial charge in [-0.15, -0.1) is 0 Å². The molecule has 0 aromatic rings. The molecule has 0 aromatic heterocycles. The number of hydrogen-bond acceptors (Lipinski definition) is 0. The Balaban J connectivity index is 2.01. The quantitative estimate of drug-likeness (QED) is 0.425. The van der Waals surface area contributed by atoms with E-state index in [0.717, 1.165) is 5.92 Å². The van der Waals surface area contributed by atoms with Crippen LogP contribution >= 0.6 is 0 Å². The lowest BCUT2D eigenvalue weighted by atomic mass is 9.89. The van der Waals surface area contributed by atoms with Gasteiger partial charge in [-0.1, -0.05) is 51.2 Å². The van der Waals surface area contributed by atoms with Crippen molar-refractivity contribution in [3.63, 3.8) is 0 Å². The SMILES string of the molecule is CCCCC/C=C\C1CCCCC1. The van der Waals surface area contributed by atoms with Gasteiger partial charge in [0.15, 0.2) is 0 Å². The first-order valence-corrected chi connectivity index (χ1v) is 6.10. The van der Waals surface area contributed by atoms with Gasteiger partial charge in [0.2, 0.25) is 0 Å². The molecule has 0 nitrogen and oxygen atoms in total. The second-order valence-electron chi connectivity index (χ2n) is 4.32. The second-order valence-corrected chi connectivity index (χ2v) is 4.32. The monoisotopic (exact) mass is 180 g/mol. The largest absolute Gasteiger partial charge is 0.0883 e. The maximum atomic E-state index is 2.48. The zero-order valence-electron chi connectivity index (χ0n) is 9.10. The van der Waals surface area contributed by atoms with E-state index >= 15 is 0 Å². The third-order valence-corrected chi connectivity index (χ3v) is 3.03. The fourth-order valence-electron chi connectivity index (χ4n) is 2.13. The fourth-order valence-corrected chi connectivity index (χ4v) is 2.13. The van der Waals surface area contributed by atoms with Crippen LogP contribution in [-0.4, -0.2) is 0 Å². The summed E-state index contributed by atoms with van der Waals surface area (Å²) in [5, 5.41) is 0. The Labute approximate surface area is 83.4 Å². The molecule has 0 bridgehead atoms. The van der Waals surface area contributed by atoms with Crippen molar-refractivity contribution in [2.45, 2.75) is 64.7 Å². The molecule has 1 fully saturated rings. The number of allylic oxidation sites excluding steroid dienone is 2. The third-order valence-electron chi connectivity index (χ3n) is 3.03. The molecular weight excluding hydrogens is 156 g/mol. The van der Waals surface area contributed by atoms with E-state index in [0.29, 0.717) is 0 Å². The van der Waals surface area contributed by atoms with E-state index in [1.807, 2.05) is 0 Å². The summed E-state index contributed by atoms with van der Waals surface area (Å²) < 4.78 is 0. The van der Waals surface area contributed by atoms with Crippen LogP contribution in [0.4, 0.5) is 0 Å². The van der Waals surface area contributed by atoms with Gasteiger partial charge >= 0.3 is 0 Å². The summed E-state index contributed by atoms with van der Waals surface area (Å²) >= 11 is 0. The maximum Gasteiger partial charge on any atom is -0.0234 e. The first-order chi connectivity index (χ1) is 6.43. The molecule has 0 aliphatic heterocycles. The van der Waals surface area contributed by atoms with Crippen LogP contribution < -0.4 is 0 Å². The van der Waals surface area contributed by atoms with Gasteiger partial charge in [0.1, 0.15) is 0 Å². The Bertz CT molecular complexity index is 129. The zero-order chi connectivity index (χ0) is 9.36. The topological polar surface area (TPSA) is 0 Å². The van der Waals surface area contributed by atoms with Gasteiger partial charge in [0, 0.05) is 0 Å². The third kappa shape index (κ3) is 5.13. The highest BCUT2D eigenvalue weighted by Gasteiger charge is 2.08. The average molecular weight is 180 g/mol. The molecule has 0 N–H and O–H groups in total. The predicted molar refractivity (Wildman–Crippen MR) is 59.9 cm³/mol. The molecule has 1 saturated carbocycles. The van der Waals surface area contributed by atoms with E-state index in [9.17, 15) is 0 Å². The minimum Gasteiger partial charge on any atom is -0.0883 e. The fraction of sp³-hybridized carbons (Fsp3) is 0.846. The molecule has 76 valence electrons. The normalized spacial score (nSPS) is 19.8. The predicted octanol–water partition coefficient (Wildman–Crippen LogP) is 4.70. The Morgan fingerprint density at radius 2 is 1.85 bits per heavy atom. The van der Waals surface area contributed by atoms with Crippen molar-refractivity contribution in [2.24, 2.45) is 5.92 Å². The van der Waals surface area contributed by atoms with Crippen molar-refractivity contribution in [3.8, 4) is 0 Å². The summed E-state index contributed by atoms with van der Waals surface area (Å²) in [6.45, 7) is 2.27. The second kappa shape index (κ2) is 7.17. The zero-order valence-corrected chi connectivity index (χ0v) is 9.10. The van der Waals surface area contributed by atoms with Gasteiger partial charge in [-0.25, -0.2) is 0 Å². The standard InChI is InChI=1S/C13H24/c1-2-3-4-5-7-10-13-11-8-6-9-12-13/h7,10,13H,2-6,8-9,11-12H2,1H3/b10-7-. The molecule has 0 aromatic carbocycles. The molecule has 1 aliphatic carbocycles. The van der Waals surface area contributed by atoms with Crippen LogP contribution in [0.1, 0.15) is 64.7 Å². The van der Waals surface area contributed by atoms with Crippen molar-refractivity contribution in [1.82, 2.24) is 0 Å². The highest BCUT2D eigenvalue weighted by molar-refractivity contribution is 4.89. The maximum absolute atomic E-state index is 2.48. The lowest BCUT2D eigenvalue weighted by Gasteiger charge is -2.17. The smallest absolute Gasteiger partial charge is 0.0234 e. The van der Waals surface area contributed by atoms with Crippen molar-refractivity contribution in [1.29, 1.82) is 0 Å². The molecule has 1 rings (SSSR count). The summed E-state index contributed by atoms with van der Waals surface area (Å²) in [5.41, 5.74) is 0. The van der Waals surface area contributed by atoms with Crippen LogP contribution in [0, 0.1) is 5.92 Å². The van der Waals surface area contributed by atoms with Crippen LogP contribution in [0.3, 0.4) is 0 Å². The van der Waals surface area contributed by atoms with Crippen LogP contribution in [0.25, 0.3) is 0 Å². The lowest BCUT2D eigenvalue weighted by Crippen LogP contribution is -2.02. The first kappa shape index (κ1) is 10.8. The van der Waals surface area contributed by atoms with Gasteiger partial charge in [-0.2, -0.15) is 0 Å². The molecule has 0 saturated heterocycles. The average Bonchev–Trinajstić information content (AvgIpc) is 2.19. The lowest BCUT2D eigenvalue weighted by molar-refractivity contribution is 0.418. The molecule has 0 heteroatoms. The van der Waals surface area contributed by atoms with E-state index in [1.165, 1.54) is 57.8 Å². The molecule has 1 aliphatic rings. The number of hydrogen-bond donors (Lipinski definition) is 0. The molecule has 0 spiro atoms. The molecular formula is C13H24. The van der Waals surface area contributed by atoms with E-state index in [4.69, 9.17) is 0 Å². The van der Waals surface area contributed by atoms with Crippen LogP contribution in [0.15, 0.2) is 12.2 Å². The number of rotatable bonds is 5. The van der Waals surface area contributed by atoms with E-state index in [2.05, 4.69) is 19.1 Å². The van der Waals surface area contributed by atoms with Crippen molar-refractivity contribution in [3.05, 3.63) is 12.2 Å². The summed E-state index contributed by atoms with van der Waals surface area (Å²) in [6.07, 6.45) is 17.6. The highest BCUT2D eigenvalue weighted by Crippen LogP contribution is 2.24. The molecule has 0 atom stereocenters. The molecule has 0 unspecified atom stereocenters. The van der Waals surface area contributed by atoms with Crippen molar-refractivity contribution < 1.29 is 0 Å². The van der Waals surface area contributed by atoms with Gasteiger partial charge in [0.25, 0.3) is 0 Å². The molecule has 0 amide bonds. The minimum absolute atomic E-state index is 0.926. The first-order valence-electron chi connectivity index (χ1n) is 6.10. The molecule has 13 heavy (non-hydrogen) atoms. The van der Waals surface area contributed by atoms with E-state index < -0.39 is 0 Å². The summed E-state index contributed by atoms with van der Waals surface area (Å²) in [7, 11) is 0. The minimum atomic E-state index is 0.926. The van der Waals surface area contributed by atoms with Gasteiger partial charge in [0.05, 0.1) is 0 Å². The summed E-state index contributed by atoms with van der Waals surface area (Å²) in [6, 6.07) is 0. The van der Waals surface area contributed by atoms with Crippen LogP contribution in [0.2, 0.25) is 0 Å². The summed E-state index contributed by atoms with van der Waals surface area (Å²) in [5.74, 6) is 0.926. The van der Waals surface area contributed by atoms with Crippen molar-refractivity contribution in [2.75, 3.05) is 0 Å². The summed E-state index contributed by atoms with van der Waals surface area (Å²) in [4.78, 5) is 0. The molecule has 0 heterocycles. The molecule has 0 radical (unpaired) electrons. The number of unbranched alkanes of at least 4 members (excludes halogenated alkanes) is 3.